The molecule has 0 amide bonds. The summed E-state index contributed by atoms with van der Waals surface area (Å²) in [6.07, 6.45) is 0.891. The molecule has 1 aromatic heterocycles. The molecule has 0 saturated heterocycles. The van der Waals surface area contributed by atoms with E-state index in [0.29, 0.717) is 11.3 Å². The van der Waals surface area contributed by atoms with E-state index in [1.54, 1.807) is 13.1 Å². The van der Waals surface area contributed by atoms with Gasteiger partial charge >= 0.3 is 0 Å². The largest absolute Gasteiger partial charge is 0.487 e. The average molecular weight is 326 g/mol. The van der Waals surface area contributed by atoms with E-state index in [-0.39, 0.29) is 6.61 Å². The first kappa shape index (κ1) is 14.0. The number of aliphatic hydroxyl groups is 1. The number of pyridine rings is 1. The Balaban J connectivity index is 2.13. The quantitative estimate of drug-likeness (QED) is 0.933. The van der Waals surface area contributed by atoms with Crippen molar-refractivity contribution in [3.8, 4) is 5.75 Å². The molecule has 5 heteroatoms. The van der Waals surface area contributed by atoms with Gasteiger partial charge in [0.05, 0.1) is 11.8 Å². The summed E-state index contributed by atoms with van der Waals surface area (Å²) in [4.78, 5) is 4.18. The molecule has 1 aromatic carbocycles. The Labute approximate surface area is 119 Å². The summed E-state index contributed by atoms with van der Waals surface area (Å²) in [6, 6.07) is 7.78. The number of hydrogen-bond acceptors (Lipinski definition) is 3. The Kier molecular flexibility index (Phi) is 4.50. The highest BCUT2D eigenvalue weighted by molar-refractivity contribution is 9.10. The third-order valence-corrected chi connectivity index (χ3v) is 3.06. The van der Waals surface area contributed by atoms with Gasteiger partial charge in [-0.05, 0) is 53.2 Å². The lowest BCUT2D eigenvalue weighted by Crippen LogP contribution is -2.02. The molecule has 0 aliphatic rings. The van der Waals surface area contributed by atoms with Gasteiger partial charge in [-0.2, -0.15) is 0 Å². The van der Waals surface area contributed by atoms with Crippen molar-refractivity contribution in [2.45, 2.75) is 19.6 Å². The molecular formula is C14H13BrFNO2. The Bertz CT molecular complexity index is 558. The summed E-state index contributed by atoms with van der Waals surface area (Å²) in [5.74, 6) is 0.0612. The van der Waals surface area contributed by atoms with Crippen molar-refractivity contribution in [2.24, 2.45) is 0 Å². The van der Waals surface area contributed by atoms with Gasteiger partial charge in [0.15, 0.2) is 0 Å². The molecule has 0 spiro atoms. The molecule has 1 N–H and O–H groups in total. The molecule has 1 heterocycles. The second-order valence-corrected chi connectivity index (χ2v) is 5.03. The van der Waals surface area contributed by atoms with Crippen LogP contribution in [-0.4, -0.2) is 10.1 Å². The van der Waals surface area contributed by atoms with Crippen LogP contribution in [0.2, 0.25) is 0 Å². The zero-order valence-electron chi connectivity index (χ0n) is 10.3. The van der Waals surface area contributed by atoms with Crippen molar-refractivity contribution in [3.05, 3.63) is 58.1 Å². The fraction of sp³-hybridized carbons (Fsp3) is 0.214. The van der Waals surface area contributed by atoms with Gasteiger partial charge in [-0.3, -0.25) is 4.98 Å². The minimum atomic E-state index is -0.788. The maximum atomic E-state index is 13.1. The van der Waals surface area contributed by atoms with Crippen molar-refractivity contribution in [3.63, 3.8) is 0 Å². The molecule has 3 nitrogen and oxygen atoms in total. The van der Waals surface area contributed by atoms with Gasteiger partial charge in [0.2, 0.25) is 0 Å². The molecule has 0 saturated carbocycles. The van der Waals surface area contributed by atoms with E-state index in [4.69, 9.17) is 4.74 Å². The molecule has 0 aliphatic heterocycles. The second-order valence-electron chi connectivity index (χ2n) is 4.11. The summed E-state index contributed by atoms with van der Waals surface area (Å²) < 4.78 is 19.6. The van der Waals surface area contributed by atoms with E-state index in [1.165, 1.54) is 18.2 Å². The van der Waals surface area contributed by atoms with Crippen LogP contribution in [-0.2, 0) is 6.61 Å². The normalized spacial score (nSPS) is 12.2. The number of benzene rings is 1. The molecule has 19 heavy (non-hydrogen) atoms. The number of nitrogens with zero attached hydrogens (tertiary/aromatic N) is 1. The minimum Gasteiger partial charge on any atom is -0.487 e. The molecule has 2 aromatic rings. The van der Waals surface area contributed by atoms with Gasteiger partial charge < -0.3 is 9.84 Å². The maximum absolute atomic E-state index is 13.1. The van der Waals surface area contributed by atoms with E-state index >= 15 is 0 Å². The molecule has 0 radical (unpaired) electrons. The van der Waals surface area contributed by atoms with Crippen LogP contribution in [0, 0.1) is 5.82 Å². The molecule has 0 bridgehead atoms. The summed E-state index contributed by atoms with van der Waals surface area (Å²) in [6.45, 7) is 1.83. The second kappa shape index (κ2) is 6.12. The highest BCUT2D eigenvalue weighted by Gasteiger charge is 2.11. The third kappa shape index (κ3) is 3.75. The molecule has 1 atom stereocenters. The summed E-state index contributed by atoms with van der Waals surface area (Å²) in [7, 11) is 0. The smallest absolute Gasteiger partial charge is 0.130 e. The van der Waals surface area contributed by atoms with E-state index < -0.39 is 11.9 Å². The lowest BCUT2D eigenvalue weighted by Gasteiger charge is -2.13. The summed E-state index contributed by atoms with van der Waals surface area (Å²) in [5, 5.41) is 9.59. The monoisotopic (exact) mass is 325 g/mol. The molecule has 0 fully saturated rings. The number of ether oxygens (including phenoxy) is 1. The molecule has 100 valence electrons. The number of halogens is 2. The van der Waals surface area contributed by atoms with Crippen LogP contribution < -0.4 is 4.74 Å². The Morgan fingerprint density at radius 1 is 1.37 bits per heavy atom. The first-order valence-corrected chi connectivity index (χ1v) is 6.56. The van der Waals surface area contributed by atoms with Gasteiger partial charge in [0.25, 0.3) is 0 Å². The molecule has 0 aliphatic carbocycles. The maximum Gasteiger partial charge on any atom is 0.130 e. The van der Waals surface area contributed by atoms with Crippen molar-refractivity contribution < 1.29 is 14.2 Å². The molecular weight excluding hydrogens is 313 g/mol. The van der Waals surface area contributed by atoms with Crippen LogP contribution >= 0.6 is 15.9 Å². The highest BCUT2D eigenvalue weighted by atomic mass is 79.9. The first-order chi connectivity index (χ1) is 9.06. The SMILES string of the molecule is C[C@H](O)c1cc(F)ccc1OCc1ccc(Br)cn1. The number of rotatable bonds is 4. The lowest BCUT2D eigenvalue weighted by molar-refractivity contribution is 0.189. The van der Waals surface area contributed by atoms with E-state index in [1.807, 2.05) is 12.1 Å². The zero-order chi connectivity index (χ0) is 13.8. The minimum absolute atomic E-state index is 0.263. The van der Waals surface area contributed by atoms with Crippen molar-refractivity contribution in [1.82, 2.24) is 4.98 Å². The van der Waals surface area contributed by atoms with Gasteiger partial charge in [-0.1, -0.05) is 0 Å². The topological polar surface area (TPSA) is 42.4 Å². The third-order valence-electron chi connectivity index (χ3n) is 2.59. The summed E-state index contributed by atoms with van der Waals surface area (Å²) >= 11 is 3.30. The van der Waals surface area contributed by atoms with E-state index in [9.17, 15) is 9.50 Å². The number of aromatic nitrogens is 1. The van der Waals surface area contributed by atoms with Crippen LogP contribution in [0.15, 0.2) is 41.0 Å². The van der Waals surface area contributed by atoms with Crippen LogP contribution in [0.4, 0.5) is 4.39 Å². The van der Waals surface area contributed by atoms with Gasteiger partial charge in [-0.25, -0.2) is 4.39 Å². The highest BCUT2D eigenvalue weighted by Crippen LogP contribution is 2.26. The Morgan fingerprint density at radius 2 is 2.16 bits per heavy atom. The zero-order valence-corrected chi connectivity index (χ0v) is 11.9. The number of hydrogen-bond donors (Lipinski definition) is 1. The Morgan fingerprint density at radius 3 is 2.79 bits per heavy atom. The van der Waals surface area contributed by atoms with Gasteiger partial charge in [0, 0.05) is 16.2 Å². The van der Waals surface area contributed by atoms with Gasteiger partial charge in [0.1, 0.15) is 18.2 Å². The van der Waals surface area contributed by atoms with Crippen LogP contribution in [0.1, 0.15) is 24.3 Å². The molecule has 0 unspecified atom stereocenters. The standard InChI is InChI=1S/C14H13BrFNO2/c1-9(18)13-6-11(16)3-5-14(13)19-8-12-4-2-10(15)7-17-12/h2-7,9,18H,8H2,1H3/t9-/m0/s1. The van der Waals surface area contributed by atoms with Crippen molar-refractivity contribution in [1.29, 1.82) is 0 Å². The lowest BCUT2D eigenvalue weighted by atomic mass is 10.1. The van der Waals surface area contributed by atoms with Gasteiger partial charge in [-0.15, -0.1) is 0 Å². The predicted molar refractivity (Wildman–Crippen MR) is 73.3 cm³/mol. The van der Waals surface area contributed by atoms with Crippen LogP contribution in [0.3, 0.4) is 0 Å². The van der Waals surface area contributed by atoms with Crippen molar-refractivity contribution >= 4 is 15.9 Å². The fourth-order valence-corrected chi connectivity index (χ4v) is 1.86. The van der Waals surface area contributed by atoms with Crippen LogP contribution in [0.5, 0.6) is 5.75 Å². The number of aliphatic hydroxyl groups excluding tert-OH is 1. The van der Waals surface area contributed by atoms with E-state index in [2.05, 4.69) is 20.9 Å². The van der Waals surface area contributed by atoms with E-state index in [0.717, 1.165) is 10.2 Å². The van der Waals surface area contributed by atoms with Crippen LogP contribution in [0.25, 0.3) is 0 Å². The summed E-state index contributed by atoms with van der Waals surface area (Å²) in [5.41, 5.74) is 1.18. The predicted octanol–water partition coefficient (Wildman–Crippen LogP) is 3.62. The Hall–Kier alpha value is -1.46. The fourth-order valence-electron chi connectivity index (χ4n) is 1.62. The van der Waals surface area contributed by atoms with Crippen molar-refractivity contribution in [2.75, 3.05) is 0 Å². The first-order valence-electron chi connectivity index (χ1n) is 5.77. The molecule has 2 rings (SSSR count). The average Bonchev–Trinajstić information content (AvgIpc) is 2.39.